The molecular weight excluding hydrogens is 232 g/mol. The predicted octanol–water partition coefficient (Wildman–Crippen LogP) is 2.58. The Balaban J connectivity index is 2.28. The van der Waals surface area contributed by atoms with Crippen molar-refractivity contribution in [2.75, 3.05) is 0 Å². The van der Waals surface area contributed by atoms with E-state index in [1.165, 1.54) is 12.5 Å². The van der Waals surface area contributed by atoms with Crippen molar-refractivity contribution in [3.8, 4) is 11.6 Å². The molecule has 0 aliphatic rings. The minimum Gasteiger partial charge on any atom is -0.449 e. The van der Waals surface area contributed by atoms with Gasteiger partial charge in [-0.2, -0.15) is 0 Å². The van der Waals surface area contributed by atoms with Gasteiger partial charge in [-0.15, -0.1) is 0 Å². The molecule has 0 fully saturated rings. The van der Waals surface area contributed by atoms with Crippen LogP contribution in [-0.2, 0) is 0 Å². The zero-order valence-electron chi connectivity index (χ0n) is 8.00. The Morgan fingerprint density at radius 3 is 3.00 bits per heavy atom. The largest absolute Gasteiger partial charge is 0.512 e. The number of rotatable bonds is 2. The van der Waals surface area contributed by atoms with E-state index in [1.54, 1.807) is 22.8 Å². The van der Waals surface area contributed by atoms with Crippen LogP contribution in [0, 0.1) is 0 Å². The van der Waals surface area contributed by atoms with E-state index >= 15 is 0 Å². The van der Waals surface area contributed by atoms with Crippen LogP contribution in [0.15, 0.2) is 36.8 Å². The normalized spacial score (nSPS) is 10.1. The molecule has 1 aromatic carbocycles. The summed E-state index contributed by atoms with van der Waals surface area (Å²) in [4.78, 5) is 14.1. The third-order valence-corrected chi connectivity index (χ3v) is 2.09. The second-order valence-electron chi connectivity index (χ2n) is 2.97. The minimum atomic E-state index is -1.39. The van der Waals surface area contributed by atoms with Crippen molar-refractivity contribution >= 4 is 17.8 Å². The summed E-state index contributed by atoms with van der Waals surface area (Å²) < 4.78 is 6.01. The molecule has 2 rings (SSSR count). The molecule has 0 aliphatic heterocycles. The summed E-state index contributed by atoms with van der Waals surface area (Å²) in [6.07, 6.45) is 1.51. The first-order valence-electron chi connectivity index (χ1n) is 4.36. The third-order valence-electron chi connectivity index (χ3n) is 1.86. The van der Waals surface area contributed by atoms with Gasteiger partial charge in [-0.25, -0.2) is 9.78 Å². The molecular formula is C10H7ClN2O3. The molecule has 1 N–H and O–H groups in total. The smallest absolute Gasteiger partial charge is 0.449 e. The highest BCUT2D eigenvalue weighted by molar-refractivity contribution is 6.30. The Hall–Kier alpha value is -2.01. The average molecular weight is 239 g/mol. The zero-order chi connectivity index (χ0) is 11.5. The molecule has 5 nitrogen and oxygen atoms in total. The van der Waals surface area contributed by atoms with Gasteiger partial charge in [0.05, 0.1) is 6.20 Å². The number of imidazole rings is 1. The van der Waals surface area contributed by atoms with Gasteiger partial charge < -0.3 is 14.4 Å². The number of nitrogens with zero attached hydrogens (tertiary/aromatic N) is 2. The first-order chi connectivity index (χ1) is 7.65. The van der Waals surface area contributed by atoms with Crippen molar-refractivity contribution in [3.05, 3.63) is 41.8 Å². The van der Waals surface area contributed by atoms with Gasteiger partial charge in [0, 0.05) is 10.7 Å². The second-order valence-corrected chi connectivity index (χ2v) is 3.40. The summed E-state index contributed by atoms with van der Waals surface area (Å²) in [6.45, 7) is 0. The summed E-state index contributed by atoms with van der Waals surface area (Å²) in [6, 6.07) is 7.08. The van der Waals surface area contributed by atoms with Crippen LogP contribution >= 0.6 is 11.6 Å². The molecule has 0 bridgehead atoms. The summed E-state index contributed by atoms with van der Waals surface area (Å²) in [5.41, 5.74) is 0.778. The number of hydrogen-bond donors (Lipinski definition) is 1. The quantitative estimate of drug-likeness (QED) is 0.817. The van der Waals surface area contributed by atoms with E-state index in [4.69, 9.17) is 16.7 Å². The molecule has 1 aromatic heterocycles. The fraction of sp³-hybridized carbons (Fsp3) is 0. The van der Waals surface area contributed by atoms with Gasteiger partial charge in [0.1, 0.15) is 6.33 Å². The first kappa shape index (κ1) is 10.5. The standard InChI is InChI=1S/C10H7ClN2O3/c11-7-2-1-3-8(4-7)13-5-9(12-6-13)16-10(14)15/h1-6H,(H,14,15). The highest BCUT2D eigenvalue weighted by Crippen LogP contribution is 2.17. The van der Waals surface area contributed by atoms with Gasteiger partial charge in [-0.05, 0) is 18.2 Å². The summed E-state index contributed by atoms with van der Waals surface area (Å²) in [5, 5.41) is 8.99. The SMILES string of the molecule is O=C(O)Oc1cn(-c2cccc(Cl)c2)cn1. The van der Waals surface area contributed by atoms with E-state index in [-0.39, 0.29) is 5.88 Å². The van der Waals surface area contributed by atoms with Gasteiger partial charge in [-0.1, -0.05) is 17.7 Å². The number of ether oxygens (including phenoxy) is 1. The third kappa shape index (κ3) is 2.32. The Labute approximate surface area is 95.9 Å². The number of benzene rings is 1. The van der Waals surface area contributed by atoms with Crippen molar-refractivity contribution in [1.82, 2.24) is 9.55 Å². The number of aromatic nitrogens is 2. The number of halogens is 1. The predicted molar refractivity (Wildman–Crippen MR) is 57.2 cm³/mol. The molecule has 6 heteroatoms. The van der Waals surface area contributed by atoms with E-state index in [0.717, 1.165) is 5.69 Å². The molecule has 0 spiro atoms. The van der Waals surface area contributed by atoms with E-state index in [2.05, 4.69) is 9.72 Å². The Kier molecular flexibility index (Phi) is 2.78. The lowest BCUT2D eigenvalue weighted by molar-refractivity contribution is 0.142. The van der Waals surface area contributed by atoms with Crippen LogP contribution in [0.1, 0.15) is 0 Å². The molecule has 0 saturated heterocycles. The minimum absolute atomic E-state index is 0.0208. The molecule has 0 unspecified atom stereocenters. The van der Waals surface area contributed by atoms with E-state index in [1.807, 2.05) is 6.07 Å². The maximum Gasteiger partial charge on any atom is 0.512 e. The molecule has 16 heavy (non-hydrogen) atoms. The van der Waals surface area contributed by atoms with Crippen molar-refractivity contribution < 1.29 is 14.6 Å². The summed E-state index contributed by atoms with van der Waals surface area (Å²) >= 11 is 5.83. The average Bonchev–Trinajstić information content (AvgIpc) is 2.65. The zero-order valence-corrected chi connectivity index (χ0v) is 8.76. The molecule has 2 aromatic rings. The molecule has 0 atom stereocenters. The van der Waals surface area contributed by atoms with E-state index in [9.17, 15) is 4.79 Å². The van der Waals surface area contributed by atoms with Crippen LogP contribution < -0.4 is 4.74 Å². The summed E-state index contributed by atoms with van der Waals surface area (Å²) in [5.74, 6) is 0.0208. The van der Waals surface area contributed by atoms with Crippen molar-refractivity contribution in [3.63, 3.8) is 0 Å². The maximum atomic E-state index is 10.3. The lowest BCUT2D eigenvalue weighted by atomic mass is 10.3. The molecule has 1 heterocycles. The topological polar surface area (TPSA) is 64.3 Å². The van der Waals surface area contributed by atoms with Crippen LogP contribution in [0.25, 0.3) is 5.69 Å². The highest BCUT2D eigenvalue weighted by Gasteiger charge is 2.05. The van der Waals surface area contributed by atoms with Crippen LogP contribution in [0.4, 0.5) is 4.79 Å². The Morgan fingerprint density at radius 2 is 2.31 bits per heavy atom. The second kappa shape index (κ2) is 4.24. The Bertz CT molecular complexity index is 524. The van der Waals surface area contributed by atoms with Crippen molar-refractivity contribution in [1.29, 1.82) is 0 Å². The van der Waals surface area contributed by atoms with Gasteiger partial charge >= 0.3 is 6.16 Å². The fourth-order valence-corrected chi connectivity index (χ4v) is 1.41. The van der Waals surface area contributed by atoms with Gasteiger partial charge in [0.2, 0.25) is 5.88 Å². The highest BCUT2D eigenvalue weighted by atomic mass is 35.5. The molecule has 0 saturated carbocycles. The molecule has 0 radical (unpaired) electrons. The monoisotopic (exact) mass is 238 g/mol. The van der Waals surface area contributed by atoms with Gasteiger partial charge in [0.15, 0.2) is 0 Å². The van der Waals surface area contributed by atoms with Crippen LogP contribution in [-0.4, -0.2) is 20.8 Å². The number of hydrogen-bond acceptors (Lipinski definition) is 3. The van der Waals surface area contributed by atoms with Gasteiger partial charge in [0.25, 0.3) is 0 Å². The molecule has 0 amide bonds. The lowest BCUT2D eigenvalue weighted by Gasteiger charge is -2.00. The van der Waals surface area contributed by atoms with Crippen LogP contribution in [0.5, 0.6) is 5.88 Å². The lowest BCUT2D eigenvalue weighted by Crippen LogP contribution is -2.02. The maximum absolute atomic E-state index is 10.3. The fourth-order valence-electron chi connectivity index (χ4n) is 1.22. The van der Waals surface area contributed by atoms with E-state index < -0.39 is 6.16 Å². The van der Waals surface area contributed by atoms with Crippen LogP contribution in [0.2, 0.25) is 5.02 Å². The Morgan fingerprint density at radius 1 is 1.50 bits per heavy atom. The van der Waals surface area contributed by atoms with Crippen molar-refractivity contribution in [2.45, 2.75) is 0 Å². The number of carbonyl (C=O) groups is 1. The van der Waals surface area contributed by atoms with E-state index in [0.29, 0.717) is 5.02 Å². The first-order valence-corrected chi connectivity index (χ1v) is 4.73. The summed E-state index contributed by atoms with van der Waals surface area (Å²) in [7, 11) is 0. The van der Waals surface area contributed by atoms with Gasteiger partial charge in [-0.3, -0.25) is 0 Å². The number of carboxylic acid groups (broad SMARTS) is 1. The molecule has 0 aliphatic carbocycles. The molecule has 82 valence electrons. The van der Waals surface area contributed by atoms with Crippen LogP contribution in [0.3, 0.4) is 0 Å². The van der Waals surface area contributed by atoms with Crippen molar-refractivity contribution in [2.24, 2.45) is 0 Å².